The second-order valence-electron chi connectivity index (χ2n) is 6.59. The normalized spacial score (nSPS) is 29.0. The molecule has 3 unspecified atom stereocenters. The average molecular weight is 308 g/mol. The number of ketones is 2. The molecule has 0 heterocycles. The number of hydrogen-bond acceptors (Lipinski definition) is 3. The Hall–Kier alpha value is -2.49. The van der Waals surface area contributed by atoms with Crippen molar-refractivity contribution in [3.8, 4) is 0 Å². The predicted molar refractivity (Wildman–Crippen MR) is 82.8 cm³/mol. The lowest BCUT2D eigenvalue weighted by Gasteiger charge is -2.38. The maximum Gasteiger partial charge on any atom is 0.339 e. The van der Waals surface area contributed by atoms with Crippen LogP contribution in [0.3, 0.4) is 0 Å². The first-order valence-electron chi connectivity index (χ1n) is 7.85. The second kappa shape index (κ2) is 5.01. The van der Waals surface area contributed by atoms with Gasteiger partial charge in [-0.25, -0.2) is 4.79 Å². The number of carboxylic acid groups (broad SMARTS) is 1. The summed E-state index contributed by atoms with van der Waals surface area (Å²) in [6.07, 6.45) is 5.23. The van der Waals surface area contributed by atoms with Gasteiger partial charge in [0, 0.05) is 5.92 Å². The van der Waals surface area contributed by atoms with E-state index in [1.807, 2.05) is 18.2 Å². The number of rotatable bonds is 1. The Morgan fingerprint density at radius 3 is 2.61 bits per heavy atom. The molecule has 0 bridgehead atoms. The number of Topliss-reactive ketones (excluding diaryl/α,β-unsaturated/α-hetero) is 1. The fourth-order valence-electron chi connectivity index (χ4n) is 4.14. The molecule has 0 fully saturated rings. The smallest absolute Gasteiger partial charge is 0.339 e. The summed E-state index contributed by atoms with van der Waals surface area (Å²) in [5.74, 6) is -2.67. The van der Waals surface area contributed by atoms with Gasteiger partial charge in [0.2, 0.25) is 0 Å². The van der Waals surface area contributed by atoms with Crippen molar-refractivity contribution < 1.29 is 19.5 Å². The zero-order chi connectivity index (χ0) is 16.1. The van der Waals surface area contributed by atoms with Crippen LogP contribution >= 0.6 is 0 Å². The molecule has 0 aromatic heterocycles. The number of aliphatic carboxylic acids is 1. The molecule has 0 aliphatic heterocycles. The minimum atomic E-state index is -1.31. The Morgan fingerprint density at radius 1 is 1.13 bits per heavy atom. The van der Waals surface area contributed by atoms with Crippen LogP contribution < -0.4 is 0 Å². The molecular weight excluding hydrogens is 292 g/mol. The van der Waals surface area contributed by atoms with Crippen molar-refractivity contribution in [2.75, 3.05) is 0 Å². The van der Waals surface area contributed by atoms with Crippen LogP contribution in [0.1, 0.15) is 17.5 Å². The van der Waals surface area contributed by atoms with Crippen LogP contribution in [-0.2, 0) is 27.2 Å². The van der Waals surface area contributed by atoms with Crippen LogP contribution in [0.4, 0.5) is 0 Å². The molecule has 116 valence electrons. The average Bonchev–Trinajstić information content (AvgIpc) is 2.54. The number of allylic oxidation sites excluding steroid dienone is 3. The molecule has 4 nitrogen and oxygen atoms in total. The summed E-state index contributed by atoms with van der Waals surface area (Å²) < 4.78 is 0. The Balaban J connectivity index is 1.73. The van der Waals surface area contributed by atoms with Gasteiger partial charge in [0.15, 0.2) is 11.6 Å². The van der Waals surface area contributed by atoms with Crippen molar-refractivity contribution in [1.82, 2.24) is 0 Å². The van der Waals surface area contributed by atoms with Crippen LogP contribution in [0.2, 0.25) is 0 Å². The molecule has 1 aromatic rings. The van der Waals surface area contributed by atoms with Gasteiger partial charge >= 0.3 is 5.97 Å². The van der Waals surface area contributed by atoms with Gasteiger partial charge in [-0.3, -0.25) is 9.59 Å². The number of hydrogen-bond donors (Lipinski definition) is 1. The van der Waals surface area contributed by atoms with Gasteiger partial charge in [0.25, 0.3) is 0 Å². The second-order valence-corrected chi connectivity index (χ2v) is 6.59. The maximum absolute atomic E-state index is 12.4. The Kier molecular flexibility index (Phi) is 3.08. The minimum Gasteiger partial charge on any atom is -0.478 e. The molecule has 0 spiro atoms. The predicted octanol–water partition coefficient (Wildman–Crippen LogP) is 2.13. The number of carbonyl (C=O) groups excluding carboxylic acids is 2. The summed E-state index contributed by atoms with van der Waals surface area (Å²) >= 11 is 0. The molecule has 1 aromatic carbocycles. The molecule has 3 aliphatic carbocycles. The highest BCUT2D eigenvalue weighted by molar-refractivity contribution is 6.24. The van der Waals surface area contributed by atoms with Crippen molar-refractivity contribution in [1.29, 1.82) is 0 Å². The summed E-state index contributed by atoms with van der Waals surface area (Å²) in [6.45, 7) is 0. The summed E-state index contributed by atoms with van der Waals surface area (Å²) in [5, 5.41) is 9.12. The van der Waals surface area contributed by atoms with Gasteiger partial charge in [-0.15, -0.1) is 0 Å². The molecule has 3 aliphatic rings. The van der Waals surface area contributed by atoms with Crippen LogP contribution in [0, 0.1) is 17.8 Å². The zero-order valence-corrected chi connectivity index (χ0v) is 12.5. The zero-order valence-electron chi connectivity index (χ0n) is 12.5. The van der Waals surface area contributed by atoms with E-state index in [9.17, 15) is 14.4 Å². The molecule has 1 N–H and O–H groups in total. The van der Waals surface area contributed by atoms with Gasteiger partial charge in [-0.1, -0.05) is 35.9 Å². The number of carboxylic acids is 1. The van der Waals surface area contributed by atoms with Gasteiger partial charge in [-0.05, 0) is 42.4 Å². The van der Waals surface area contributed by atoms with Crippen LogP contribution in [0.25, 0.3) is 0 Å². The van der Waals surface area contributed by atoms with E-state index < -0.39 is 23.6 Å². The van der Waals surface area contributed by atoms with E-state index in [0.717, 1.165) is 18.9 Å². The minimum absolute atomic E-state index is 0.221. The monoisotopic (exact) mass is 308 g/mol. The largest absolute Gasteiger partial charge is 0.478 e. The van der Waals surface area contributed by atoms with Crippen molar-refractivity contribution in [2.24, 2.45) is 17.8 Å². The van der Waals surface area contributed by atoms with E-state index in [1.165, 1.54) is 16.7 Å². The summed E-state index contributed by atoms with van der Waals surface area (Å²) in [6, 6.07) is 8.24. The molecule has 4 rings (SSSR count). The molecule has 0 saturated heterocycles. The van der Waals surface area contributed by atoms with Gasteiger partial charge in [-0.2, -0.15) is 0 Å². The van der Waals surface area contributed by atoms with E-state index in [2.05, 4.69) is 12.1 Å². The third kappa shape index (κ3) is 2.17. The topological polar surface area (TPSA) is 71.4 Å². The number of fused-ring (bicyclic) bond motifs is 3. The third-order valence-corrected chi connectivity index (χ3v) is 5.32. The van der Waals surface area contributed by atoms with Crippen molar-refractivity contribution in [3.05, 3.63) is 58.7 Å². The molecule has 0 saturated carbocycles. The fraction of sp³-hybridized carbons (Fsp3) is 0.316. The number of carbonyl (C=O) groups is 3. The molecule has 0 radical (unpaired) electrons. The van der Waals surface area contributed by atoms with Gasteiger partial charge < -0.3 is 5.11 Å². The summed E-state index contributed by atoms with van der Waals surface area (Å²) in [4.78, 5) is 35.9. The molecular formula is C19H16O4. The maximum atomic E-state index is 12.4. The van der Waals surface area contributed by atoms with Gasteiger partial charge in [0.05, 0.1) is 5.92 Å². The lowest BCUT2D eigenvalue weighted by molar-refractivity contribution is -0.138. The Labute approximate surface area is 133 Å². The van der Waals surface area contributed by atoms with Crippen molar-refractivity contribution in [2.45, 2.75) is 19.3 Å². The highest BCUT2D eigenvalue weighted by Crippen LogP contribution is 2.43. The third-order valence-electron chi connectivity index (χ3n) is 5.32. The SMILES string of the molecule is O=C(O)C1=CC(=O)C2CC3Cc4ccccc4CC3=CC2C1=O. The van der Waals surface area contributed by atoms with Crippen molar-refractivity contribution >= 4 is 17.5 Å². The lowest BCUT2D eigenvalue weighted by Crippen LogP contribution is -2.41. The van der Waals surface area contributed by atoms with Crippen molar-refractivity contribution in [3.63, 3.8) is 0 Å². The first-order chi connectivity index (χ1) is 11.0. The van der Waals surface area contributed by atoms with Crippen LogP contribution in [-0.4, -0.2) is 22.6 Å². The fourth-order valence-corrected chi connectivity index (χ4v) is 4.14. The molecule has 23 heavy (non-hydrogen) atoms. The van der Waals surface area contributed by atoms with E-state index in [-0.39, 0.29) is 17.3 Å². The number of benzene rings is 1. The quantitative estimate of drug-likeness (QED) is 0.637. The summed E-state index contributed by atoms with van der Waals surface area (Å²) in [7, 11) is 0. The molecule has 3 atom stereocenters. The molecule has 0 amide bonds. The van der Waals surface area contributed by atoms with Crippen LogP contribution in [0.5, 0.6) is 0 Å². The Morgan fingerprint density at radius 2 is 1.87 bits per heavy atom. The lowest BCUT2D eigenvalue weighted by atomic mass is 9.64. The highest BCUT2D eigenvalue weighted by atomic mass is 16.4. The summed E-state index contributed by atoms with van der Waals surface area (Å²) in [5.41, 5.74) is 3.38. The standard InChI is InChI=1S/C19H16O4/c20-17-9-16(19(22)23)18(21)15-8-13-6-11-4-2-1-3-10(11)5-12(13)7-14(15)17/h1-4,8-9,12,14-15H,5-7H2,(H,22,23). The van der Waals surface area contributed by atoms with E-state index in [4.69, 9.17) is 5.11 Å². The van der Waals surface area contributed by atoms with E-state index >= 15 is 0 Å². The Bertz CT molecular complexity index is 799. The van der Waals surface area contributed by atoms with E-state index in [1.54, 1.807) is 0 Å². The molecule has 4 heteroatoms. The first kappa shape index (κ1) is 14.1. The van der Waals surface area contributed by atoms with E-state index in [0.29, 0.717) is 6.42 Å². The van der Waals surface area contributed by atoms with Gasteiger partial charge in [0.1, 0.15) is 5.57 Å². The highest BCUT2D eigenvalue weighted by Gasteiger charge is 2.44. The van der Waals surface area contributed by atoms with Crippen LogP contribution in [0.15, 0.2) is 47.6 Å². The first-order valence-corrected chi connectivity index (χ1v) is 7.85.